The molecular weight excluding hydrogens is 252 g/mol. The summed E-state index contributed by atoms with van der Waals surface area (Å²) in [6, 6.07) is 16.9. The lowest BCUT2D eigenvalue weighted by molar-refractivity contribution is 0.0956. The van der Waals surface area contributed by atoms with Crippen LogP contribution in [0.2, 0.25) is 0 Å². The molecule has 0 saturated heterocycles. The second-order valence-corrected chi connectivity index (χ2v) is 4.26. The molecule has 3 rings (SSSR count). The Kier molecular flexibility index (Phi) is 3.29. The number of carbonyl (C=O) groups is 1. The van der Waals surface area contributed by atoms with E-state index in [9.17, 15) is 4.79 Å². The average molecular weight is 264 g/mol. The number of carbonyl (C=O) groups excluding carboxylic acids is 1. The molecule has 0 aliphatic carbocycles. The van der Waals surface area contributed by atoms with Gasteiger partial charge in [-0.15, -0.1) is 0 Å². The number of hydrogen-bond acceptors (Lipinski definition) is 3. The molecule has 4 nitrogen and oxygen atoms in total. The van der Waals surface area contributed by atoms with Crippen LogP contribution in [0, 0.1) is 0 Å². The van der Waals surface area contributed by atoms with E-state index in [0.29, 0.717) is 11.1 Å². The van der Waals surface area contributed by atoms with Crippen molar-refractivity contribution >= 4 is 23.1 Å². The van der Waals surface area contributed by atoms with Crippen LogP contribution in [0.5, 0.6) is 0 Å². The second kappa shape index (κ2) is 5.40. The molecule has 1 heterocycles. The summed E-state index contributed by atoms with van der Waals surface area (Å²) in [4.78, 5) is 12.0. The van der Waals surface area contributed by atoms with Gasteiger partial charge >= 0.3 is 0 Å². The van der Waals surface area contributed by atoms with Gasteiger partial charge in [-0.05, 0) is 11.6 Å². The minimum atomic E-state index is -0.290. The summed E-state index contributed by atoms with van der Waals surface area (Å²) in [6.45, 7) is 0. The first-order chi connectivity index (χ1) is 9.84. The summed E-state index contributed by atoms with van der Waals surface area (Å²) in [5.41, 5.74) is 4.58. The molecule has 1 aromatic heterocycles. The highest BCUT2D eigenvalue weighted by molar-refractivity contribution is 6.06. The van der Waals surface area contributed by atoms with Crippen molar-refractivity contribution in [3.8, 4) is 0 Å². The van der Waals surface area contributed by atoms with Crippen molar-refractivity contribution in [1.82, 2.24) is 5.43 Å². The molecule has 3 aromatic rings. The van der Waals surface area contributed by atoms with E-state index >= 15 is 0 Å². The van der Waals surface area contributed by atoms with Crippen LogP contribution in [0.3, 0.4) is 0 Å². The van der Waals surface area contributed by atoms with Crippen molar-refractivity contribution in [2.75, 3.05) is 0 Å². The zero-order chi connectivity index (χ0) is 13.8. The van der Waals surface area contributed by atoms with Gasteiger partial charge in [0, 0.05) is 5.39 Å². The molecule has 0 bridgehead atoms. The normalized spacial score (nSPS) is 11.0. The van der Waals surface area contributed by atoms with E-state index < -0.39 is 0 Å². The average Bonchev–Trinajstić information content (AvgIpc) is 2.92. The molecular formula is C16H12N2O2. The number of furan rings is 1. The lowest BCUT2D eigenvalue weighted by atomic mass is 10.2. The number of fused-ring (bicyclic) bond motifs is 1. The molecule has 0 saturated carbocycles. The number of benzene rings is 2. The molecule has 2 aromatic carbocycles. The van der Waals surface area contributed by atoms with Gasteiger partial charge in [0.15, 0.2) is 0 Å². The van der Waals surface area contributed by atoms with Gasteiger partial charge in [-0.25, -0.2) is 5.43 Å². The number of amides is 1. The summed E-state index contributed by atoms with van der Waals surface area (Å²) < 4.78 is 5.32. The first-order valence-corrected chi connectivity index (χ1v) is 6.19. The number of nitrogens with zero attached hydrogens (tertiary/aromatic N) is 1. The third-order valence-corrected chi connectivity index (χ3v) is 2.90. The number of hydrogen-bond donors (Lipinski definition) is 1. The molecule has 0 unspecified atom stereocenters. The maximum atomic E-state index is 12.0. The Balaban J connectivity index is 1.75. The van der Waals surface area contributed by atoms with Gasteiger partial charge in [-0.3, -0.25) is 4.79 Å². The minimum Gasteiger partial charge on any atom is -0.463 e. The molecule has 0 radical (unpaired) electrons. The van der Waals surface area contributed by atoms with Crippen molar-refractivity contribution in [2.24, 2.45) is 5.10 Å². The predicted molar refractivity (Wildman–Crippen MR) is 77.7 cm³/mol. The van der Waals surface area contributed by atoms with Gasteiger partial charge in [0.1, 0.15) is 11.8 Å². The lowest BCUT2D eigenvalue weighted by Gasteiger charge is -1.97. The molecule has 0 spiro atoms. The lowest BCUT2D eigenvalue weighted by Crippen LogP contribution is -2.17. The Labute approximate surface area is 115 Å². The van der Waals surface area contributed by atoms with Gasteiger partial charge < -0.3 is 4.42 Å². The van der Waals surface area contributed by atoms with Gasteiger partial charge in [-0.2, -0.15) is 5.10 Å². The SMILES string of the molecule is O=C(N/N=C/c1ccccc1)c1coc2ccccc12. The van der Waals surface area contributed by atoms with E-state index in [-0.39, 0.29) is 5.91 Å². The van der Waals surface area contributed by atoms with Crippen LogP contribution in [-0.2, 0) is 0 Å². The van der Waals surface area contributed by atoms with Gasteiger partial charge in [0.25, 0.3) is 5.91 Å². The maximum Gasteiger partial charge on any atom is 0.275 e. The molecule has 0 aliphatic heterocycles. The molecule has 98 valence electrons. The van der Waals surface area contributed by atoms with Crippen LogP contribution in [-0.4, -0.2) is 12.1 Å². The highest BCUT2D eigenvalue weighted by Crippen LogP contribution is 2.20. The summed E-state index contributed by atoms with van der Waals surface area (Å²) in [5.74, 6) is -0.290. The first kappa shape index (κ1) is 12.2. The van der Waals surface area contributed by atoms with Crippen LogP contribution in [0.25, 0.3) is 11.0 Å². The number of para-hydroxylation sites is 1. The fraction of sp³-hybridized carbons (Fsp3) is 0. The van der Waals surface area contributed by atoms with E-state index in [1.54, 1.807) is 6.21 Å². The van der Waals surface area contributed by atoms with Crippen LogP contribution in [0.1, 0.15) is 15.9 Å². The quantitative estimate of drug-likeness (QED) is 0.583. The standard InChI is InChI=1S/C16H12N2O2/c19-16(18-17-10-12-6-2-1-3-7-12)14-11-20-15-9-5-4-8-13(14)15/h1-11H,(H,18,19)/b17-10+. The summed E-state index contributed by atoms with van der Waals surface area (Å²) in [7, 11) is 0. The van der Waals surface area contributed by atoms with E-state index in [0.717, 1.165) is 10.9 Å². The third kappa shape index (κ3) is 2.44. The van der Waals surface area contributed by atoms with Crippen LogP contribution in [0.15, 0.2) is 70.4 Å². The molecule has 0 aliphatic rings. The number of rotatable bonds is 3. The van der Waals surface area contributed by atoms with Gasteiger partial charge in [0.2, 0.25) is 0 Å². The summed E-state index contributed by atoms with van der Waals surface area (Å²) in [6.07, 6.45) is 3.04. The monoisotopic (exact) mass is 264 g/mol. The zero-order valence-corrected chi connectivity index (χ0v) is 10.6. The van der Waals surface area contributed by atoms with E-state index in [2.05, 4.69) is 10.5 Å². The molecule has 0 fully saturated rings. The van der Waals surface area contributed by atoms with E-state index in [4.69, 9.17) is 4.42 Å². The number of nitrogens with one attached hydrogen (secondary N) is 1. The first-order valence-electron chi connectivity index (χ1n) is 6.19. The zero-order valence-electron chi connectivity index (χ0n) is 10.6. The van der Waals surface area contributed by atoms with Crippen molar-refractivity contribution < 1.29 is 9.21 Å². The predicted octanol–water partition coefficient (Wildman–Crippen LogP) is 3.20. The molecule has 0 atom stereocenters. The second-order valence-electron chi connectivity index (χ2n) is 4.26. The van der Waals surface area contributed by atoms with Gasteiger partial charge in [-0.1, -0.05) is 48.5 Å². The number of hydrazone groups is 1. The van der Waals surface area contributed by atoms with E-state index in [1.807, 2.05) is 54.6 Å². The molecule has 1 amide bonds. The molecule has 4 heteroatoms. The largest absolute Gasteiger partial charge is 0.463 e. The minimum absolute atomic E-state index is 0.290. The van der Waals surface area contributed by atoms with Crippen LogP contribution >= 0.6 is 0 Å². The Morgan fingerprint density at radius 1 is 1.05 bits per heavy atom. The fourth-order valence-electron chi connectivity index (χ4n) is 1.92. The highest BCUT2D eigenvalue weighted by Gasteiger charge is 2.12. The maximum absolute atomic E-state index is 12.0. The van der Waals surface area contributed by atoms with Gasteiger partial charge in [0.05, 0.1) is 11.8 Å². The fourth-order valence-corrected chi connectivity index (χ4v) is 1.92. The Bertz CT molecular complexity index is 760. The summed E-state index contributed by atoms with van der Waals surface area (Å²) in [5, 5.41) is 4.72. The van der Waals surface area contributed by atoms with Crippen LogP contribution in [0.4, 0.5) is 0 Å². The Hall–Kier alpha value is -2.88. The van der Waals surface area contributed by atoms with Crippen molar-refractivity contribution in [3.05, 3.63) is 72.0 Å². The van der Waals surface area contributed by atoms with E-state index in [1.165, 1.54) is 6.26 Å². The molecule has 20 heavy (non-hydrogen) atoms. The topological polar surface area (TPSA) is 54.6 Å². The Morgan fingerprint density at radius 2 is 1.80 bits per heavy atom. The van der Waals surface area contributed by atoms with Crippen molar-refractivity contribution in [3.63, 3.8) is 0 Å². The Morgan fingerprint density at radius 3 is 2.65 bits per heavy atom. The van der Waals surface area contributed by atoms with Crippen molar-refractivity contribution in [1.29, 1.82) is 0 Å². The third-order valence-electron chi connectivity index (χ3n) is 2.90. The van der Waals surface area contributed by atoms with Crippen molar-refractivity contribution in [2.45, 2.75) is 0 Å². The van der Waals surface area contributed by atoms with Crippen LogP contribution < -0.4 is 5.43 Å². The smallest absolute Gasteiger partial charge is 0.275 e. The molecule has 1 N–H and O–H groups in total. The summed E-state index contributed by atoms with van der Waals surface area (Å²) >= 11 is 0. The highest BCUT2D eigenvalue weighted by atomic mass is 16.3.